The number of nitrogens with zero attached hydrogens (tertiary/aromatic N) is 2. The van der Waals surface area contributed by atoms with E-state index in [1.54, 1.807) is 4.90 Å². The molecule has 1 unspecified atom stereocenters. The molecule has 25 heavy (non-hydrogen) atoms. The number of anilines is 1. The first-order valence-electron chi connectivity index (χ1n) is 7.73. The van der Waals surface area contributed by atoms with E-state index in [0.717, 1.165) is 6.07 Å². The zero-order chi connectivity index (χ0) is 18.6. The molecule has 132 valence electrons. The molecular formula is C15H18BFN4O4. The molecule has 0 aromatic heterocycles. The smallest absolute Gasteiger partial charge is 0.426 e. The van der Waals surface area contributed by atoms with Crippen LogP contribution in [0.15, 0.2) is 18.2 Å². The molecule has 1 aliphatic rings. The molecule has 1 heterocycles. The summed E-state index contributed by atoms with van der Waals surface area (Å²) in [6.07, 6.45) is 0.513. The first-order valence-corrected chi connectivity index (χ1v) is 7.73. The molecular weight excluding hydrogens is 330 g/mol. The Morgan fingerprint density at radius 3 is 2.76 bits per heavy atom. The van der Waals surface area contributed by atoms with Crippen LogP contribution < -0.4 is 15.5 Å². The zero-order valence-corrected chi connectivity index (χ0v) is 13.6. The maximum atomic E-state index is 14.0. The lowest BCUT2D eigenvalue weighted by atomic mass is 9.81. The van der Waals surface area contributed by atoms with Gasteiger partial charge in [-0.25, -0.2) is 4.39 Å². The summed E-state index contributed by atoms with van der Waals surface area (Å²) in [7, 11) is -1.69. The van der Waals surface area contributed by atoms with Crippen molar-refractivity contribution in [3.63, 3.8) is 0 Å². The minimum Gasteiger partial charge on any atom is -0.426 e. The van der Waals surface area contributed by atoms with Crippen molar-refractivity contribution in [2.75, 3.05) is 18.0 Å². The fraction of sp³-hybridized carbons (Fsp3) is 0.400. The topological polar surface area (TPSA) is 126 Å². The number of benzene rings is 1. The number of hydrogen-bond donors (Lipinski definition) is 4. The fourth-order valence-electron chi connectivity index (χ4n) is 2.42. The largest absolute Gasteiger partial charge is 0.475 e. The zero-order valence-electron chi connectivity index (χ0n) is 13.6. The molecule has 0 aliphatic carbocycles. The lowest BCUT2D eigenvalue weighted by Crippen LogP contribution is -2.58. The van der Waals surface area contributed by atoms with Crippen LogP contribution >= 0.6 is 0 Å². The molecule has 1 saturated heterocycles. The van der Waals surface area contributed by atoms with Gasteiger partial charge in [0.2, 0.25) is 11.8 Å². The van der Waals surface area contributed by atoms with Crippen LogP contribution in [-0.4, -0.2) is 54.1 Å². The summed E-state index contributed by atoms with van der Waals surface area (Å²) >= 11 is 0. The number of halogens is 1. The fourth-order valence-corrected chi connectivity index (χ4v) is 2.42. The number of amides is 2. The Kier molecular flexibility index (Phi) is 5.95. The third kappa shape index (κ3) is 4.46. The van der Waals surface area contributed by atoms with Crippen molar-refractivity contribution in [3.05, 3.63) is 29.6 Å². The monoisotopic (exact) mass is 348 g/mol. The second-order valence-electron chi connectivity index (χ2n) is 5.76. The highest BCUT2D eigenvalue weighted by atomic mass is 19.1. The second-order valence-corrected chi connectivity index (χ2v) is 5.76. The first kappa shape index (κ1) is 18.7. The van der Waals surface area contributed by atoms with Crippen molar-refractivity contribution >= 4 is 24.6 Å². The summed E-state index contributed by atoms with van der Waals surface area (Å²) in [4.78, 5) is 25.3. The van der Waals surface area contributed by atoms with Crippen molar-refractivity contribution in [1.82, 2.24) is 10.6 Å². The molecule has 2 atom stereocenters. The van der Waals surface area contributed by atoms with E-state index in [1.165, 1.54) is 19.1 Å². The lowest BCUT2D eigenvalue weighted by molar-refractivity contribution is -0.127. The predicted molar refractivity (Wildman–Crippen MR) is 87.7 cm³/mol. The van der Waals surface area contributed by atoms with E-state index in [9.17, 15) is 14.0 Å². The maximum Gasteiger partial charge on any atom is 0.475 e. The van der Waals surface area contributed by atoms with E-state index in [0.29, 0.717) is 13.0 Å². The van der Waals surface area contributed by atoms with E-state index >= 15 is 0 Å². The molecule has 1 aromatic carbocycles. The summed E-state index contributed by atoms with van der Waals surface area (Å²) in [5.41, 5.74) is 0.423. The van der Waals surface area contributed by atoms with Crippen LogP contribution in [0.5, 0.6) is 0 Å². The van der Waals surface area contributed by atoms with Crippen LogP contribution in [0, 0.1) is 17.1 Å². The number of nitrogens with one attached hydrogen (secondary N) is 2. The number of carbonyl (C=O) groups excluding carboxylic acids is 2. The van der Waals surface area contributed by atoms with Gasteiger partial charge in [0.25, 0.3) is 0 Å². The average molecular weight is 348 g/mol. The minimum absolute atomic E-state index is 0.194. The highest BCUT2D eigenvalue weighted by Crippen LogP contribution is 2.29. The summed E-state index contributed by atoms with van der Waals surface area (Å²) in [5, 5.41) is 31.3. The van der Waals surface area contributed by atoms with Crippen LogP contribution in [0.4, 0.5) is 10.1 Å². The quantitative estimate of drug-likeness (QED) is 0.484. The molecule has 0 radical (unpaired) electrons. The molecule has 8 nitrogen and oxygen atoms in total. The van der Waals surface area contributed by atoms with E-state index in [2.05, 4.69) is 10.6 Å². The Bertz CT molecular complexity index is 709. The van der Waals surface area contributed by atoms with Crippen LogP contribution in [0.25, 0.3) is 0 Å². The molecule has 0 saturated carbocycles. The van der Waals surface area contributed by atoms with Gasteiger partial charge < -0.3 is 25.6 Å². The minimum atomic E-state index is -1.69. The average Bonchev–Trinajstić information content (AvgIpc) is 2.53. The van der Waals surface area contributed by atoms with Gasteiger partial charge in [0.05, 0.1) is 29.8 Å². The number of carbonyl (C=O) groups is 2. The van der Waals surface area contributed by atoms with Gasteiger partial charge in [-0.3, -0.25) is 9.59 Å². The molecule has 1 aromatic rings. The van der Waals surface area contributed by atoms with Crippen LogP contribution in [-0.2, 0) is 9.59 Å². The van der Waals surface area contributed by atoms with Gasteiger partial charge in [0.1, 0.15) is 11.9 Å². The predicted octanol–water partition coefficient (Wildman–Crippen LogP) is -1.09. The molecule has 1 fully saturated rings. The molecule has 2 rings (SSSR count). The van der Waals surface area contributed by atoms with Gasteiger partial charge >= 0.3 is 7.12 Å². The van der Waals surface area contributed by atoms with Gasteiger partial charge in [-0.15, -0.1) is 0 Å². The van der Waals surface area contributed by atoms with E-state index in [1.807, 2.05) is 6.07 Å². The second kappa shape index (κ2) is 7.96. The Balaban J connectivity index is 1.91. The molecule has 0 spiro atoms. The number of hydrogen-bond acceptors (Lipinski definition) is 6. The molecule has 1 aliphatic heterocycles. The molecule has 4 N–H and O–H groups in total. The SMILES string of the molecule is CC(NC(=O)CNC(=O)[C@@H]1CCN1c1ccc(C#N)cc1F)B(O)O. The van der Waals surface area contributed by atoms with Gasteiger partial charge in [-0.1, -0.05) is 0 Å². The number of rotatable bonds is 6. The van der Waals surface area contributed by atoms with Crippen molar-refractivity contribution < 1.29 is 24.0 Å². The summed E-state index contributed by atoms with van der Waals surface area (Å²) in [6, 6.07) is 5.27. The molecule has 10 heteroatoms. The summed E-state index contributed by atoms with van der Waals surface area (Å²) in [6.45, 7) is 1.57. The Hall–Kier alpha value is -2.64. The molecule has 2 amide bonds. The van der Waals surface area contributed by atoms with Gasteiger partial charge in [0.15, 0.2) is 0 Å². The van der Waals surface area contributed by atoms with Crippen molar-refractivity contribution in [3.8, 4) is 6.07 Å². The Morgan fingerprint density at radius 1 is 1.52 bits per heavy atom. The van der Waals surface area contributed by atoms with Gasteiger partial charge in [-0.2, -0.15) is 5.26 Å². The van der Waals surface area contributed by atoms with E-state index in [-0.39, 0.29) is 17.8 Å². The number of nitriles is 1. The Morgan fingerprint density at radius 2 is 2.24 bits per heavy atom. The van der Waals surface area contributed by atoms with Gasteiger partial charge in [-0.05, 0) is 31.5 Å². The van der Waals surface area contributed by atoms with Crippen molar-refractivity contribution in [2.45, 2.75) is 25.3 Å². The van der Waals surface area contributed by atoms with Gasteiger partial charge in [0, 0.05) is 6.54 Å². The maximum absolute atomic E-state index is 14.0. The normalized spacial score (nSPS) is 17.1. The highest BCUT2D eigenvalue weighted by molar-refractivity contribution is 6.43. The van der Waals surface area contributed by atoms with E-state index < -0.39 is 36.7 Å². The highest BCUT2D eigenvalue weighted by Gasteiger charge is 2.35. The van der Waals surface area contributed by atoms with Crippen molar-refractivity contribution in [2.24, 2.45) is 0 Å². The third-order valence-electron chi connectivity index (χ3n) is 3.97. The lowest BCUT2D eigenvalue weighted by Gasteiger charge is -2.41. The first-order chi connectivity index (χ1) is 11.8. The van der Waals surface area contributed by atoms with E-state index in [4.69, 9.17) is 15.3 Å². The molecule has 0 bridgehead atoms. The van der Waals surface area contributed by atoms with Crippen molar-refractivity contribution in [1.29, 1.82) is 5.26 Å². The van der Waals surface area contributed by atoms with Crippen LogP contribution in [0.1, 0.15) is 18.9 Å². The van der Waals surface area contributed by atoms with Crippen LogP contribution in [0.2, 0.25) is 0 Å². The summed E-state index contributed by atoms with van der Waals surface area (Å²) < 4.78 is 14.0. The third-order valence-corrected chi connectivity index (χ3v) is 3.97. The summed E-state index contributed by atoms with van der Waals surface area (Å²) in [5.74, 6) is -2.44. The van der Waals surface area contributed by atoms with Crippen LogP contribution in [0.3, 0.4) is 0 Å². The standard InChI is InChI=1S/C15H18BFN4O4/c1-9(16(24)25)20-14(22)8-19-15(23)13-4-5-21(13)12-3-2-10(7-18)6-11(12)17/h2-3,6,9,13,24-25H,4-5,8H2,1H3,(H,19,23)(H,20,22)/t9?,13-/m0/s1. The Labute approximate surface area is 144 Å².